The lowest BCUT2D eigenvalue weighted by Gasteiger charge is -2.25. The third-order valence-corrected chi connectivity index (χ3v) is 4.17. The Kier molecular flexibility index (Phi) is 5.11. The zero-order chi connectivity index (χ0) is 15.2. The molecule has 1 aliphatic carbocycles. The van der Waals surface area contributed by atoms with E-state index in [9.17, 15) is 4.79 Å². The molecule has 1 saturated heterocycles. The molecule has 0 bridgehead atoms. The van der Waals surface area contributed by atoms with Gasteiger partial charge in [-0.15, -0.1) is 0 Å². The maximum atomic E-state index is 12.1. The number of morpholine rings is 1. The highest BCUT2D eigenvalue weighted by atomic mass is 16.5. The number of rotatable bonds is 5. The van der Waals surface area contributed by atoms with Gasteiger partial charge in [-0.05, 0) is 32.1 Å². The van der Waals surface area contributed by atoms with Gasteiger partial charge in [-0.25, -0.2) is 0 Å². The predicted molar refractivity (Wildman–Crippen MR) is 83.0 cm³/mol. The van der Waals surface area contributed by atoms with Gasteiger partial charge in [0.05, 0.1) is 13.2 Å². The van der Waals surface area contributed by atoms with Gasteiger partial charge in [-0.1, -0.05) is 16.8 Å². The number of hydrogen-bond acceptors (Lipinski definition) is 5. The second-order valence-corrected chi connectivity index (χ2v) is 5.76. The maximum absolute atomic E-state index is 12.1. The van der Waals surface area contributed by atoms with Crippen molar-refractivity contribution in [2.75, 3.05) is 37.7 Å². The minimum Gasteiger partial charge on any atom is -0.378 e. The summed E-state index contributed by atoms with van der Waals surface area (Å²) in [6, 6.07) is 1.71. The van der Waals surface area contributed by atoms with Gasteiger partial charge in [0.25, 0.3) is 5.91 Å². The number of nitrogens with one attached hydrogen (secondary N) is 1. The second-order valence-electron chi connectivity index (χ2n) is 5.76. The first-order chi connectivity index (χ1) is 10.8. The van der Waals surface area contributed by atoms with Gasteiger partial charge < -0.3 is 19.5 Å². The fraction of sp³-hybridized carbons (Fsp3) is 0.625. The van der Waals surface area contributed by atoms with Crippen LogP contribution in [0.2, 0.25) is 0 Å². The van der Waals surface area contributed by atoms with E-state index in [-0.39, 0.29) is 5.91 Å². The highest BCUT2D eigenvalue weighted by molar-refractivity contribution is 5.92. The Labute approximate surface area is 130 Å². The van der Waals surface area contributed by atoms with Crippen molar-refractivity contribution in [1.29, 1.82) is 0 Å². The molecule has 6 nitrogen and oxygen atoms in total. The predicted octanol–water partition coefficient (Wildman–Crippen LogP) is 2.13. The van der Waals surface area contributed by atoms with Crippen molar-refractivity contribution >= 4 is 11.8 Å². The van der Waals surface area contributed by atoms with Crippen LogP contribution in [0.1, 0.15) is 42.6 Å². The van der Waals surface area contributed by atoms with Crippen molar-refractivity contribution in [1.82, 2.24) is 10.5 Å². The number of nitrogens with zero attached hydrogens (tertiary/aromatic N) is 2. The van der Waals surface area contributed by atoms with Crippen molar-refractivity contribution in [3.8, 4) is 0 Å². The summed E-state index contributed by atoms with van der Waals surface area (Å²) in [4.78, 5) is 14.1. The van der Waals surface area contributed by atoms with Crippen LogP contribution < -0.4 is 10.2 Å². The largest absolute Gasteiger partial charge is 0.378 e. The topological polar surface area (TPSA) is 67.6 Å². The summed E-state index contributed by atoms with van der Waals surface area (Å²) in [7, 11) is 0. The SMILES string of the molecule is O=C(NCCC1=CCCCC1)c1cc(N2CCOCC2)on1. The van der Waals surface area contributed by atoms with Gasteiger partial charge in [-0.3, -0.25) is 4.79 Å². The number of carbonyl (C=O) groups excluding carboxylic acids is 1. The van der Waals surface area contributed by atoms with Crippen LogP contribution in [-0.2, 0) is 4.74 Å². The van der Waals surface area contributed by atoms with Crippen molar-refractivity contribution in [3.05, 3.63) is 23.4 Å². The summed E-state index contributed by atoms with van der Waals surface area (Å²) in [5.41, 5.74) is 1.81. The summed E-state index contributed by atoms with van der Waals surface area (Å²) < 4.78 is 10.6. The average Bonchev–Trinajstić information content (AvgIpc) is 3.07. The monoisotopic (exact) mass is 305 g/mol. The van der Waals surface area contributed by atoms with Crippen molar-refractivity contribution < 1.29 is 14.1 Å². The van der Waals surface area contributed by atoms with Crippen molar-refractivity contribution in [3.63, 3.8) is 0 Å². The molecule has 0 saturated carbocycles. The van der Waals surface area contributed by atoms with Crippen LogP contribution in [0.4, 0.5) is 5.88 Å². The smallest absolute Gasteiger partial charge is 0.273 e. The van der Waals surface area contributed by atoms with E-state index in [0.29, 0.717) is 31.3 Å². The fourth-order valence-electron chi connectivity index (χ4n) is 2.86. The molecule has 1 aromatic heterocycles. The molecule has 6 heteroatoms. The fourth-order valence-corrected chi connectivity index (χ4v) is 2.86. The standard InChI is InChI=1S/C16H23N3O3/c20-16(17-7-6-13-4-2-1-3-5-13)14-12-15(22-18-14)19-8-10-21-11-9-19/h4,12H,1-3,5-11H2,(H,17,20). The number of allylic oxidation sites excluding steroid dienone is 1. The molecule has 1 aromatic rings. The van der Waals surface area contributed by atoms with E-state index in [4.69, 9.17) is 9.26 Å². The number of ether oxygens (including phenoxy) is 1. The van der Waals surface area contributed by atoms with Gasteiger partial charge in [0.1, 0.15) is 0 Å². The zero-order valence-corrected chi connectivity index (χ0v) is 12.8. The van der Waals surface area contributed by atoms with Gasteiger partial charge in [0, 0.05) is 25.7 Å². The third-order valence-electron chi connectivity index (χ3n) is 4.17. The minimum atomic E-state index is -0.167. The lowest BCUT2D eigenvalue weighted by Crippen LogP contribution is -2.35. The molecular weight excluding hydrogens is 282 g/mol. The Bertz CT molecular complexity index is 532. The number of anilines is 1. The lowest BCUT2D eigenvalue weighted by atomic mass is 9.97. The van der Waals surface area contributed by atoms with E-state index in [1.54, 1.807) is 6.07 Å². The molecule has 22 heavy (non-hydrogen) atoms. The molecular formula is C16H23N3O3. The molecule has 3 rings (SSSR count). The van der Waals surface area contributed by atoms with Crippen LogP contribution in [0.15, 0.2) is 22.2 Å². The van der Waals surface area contributed by atoms with Crippen LogP contribution in [0.25, 0.3) is 0 Å². The summed E-state index contributed by atoms with van der Waals surface area (Å²) in [6.07, 6.45) is 8.14. The number of hydrogen-bond donors (Lipinski definition) is 1. The number of amides is 1. The summed E-state index contributed by atoms with van der Waals surface area (Å²) >= 11 is 0. The molecule has 1 aliphatic heterocycles. The van der Waals surface area contributed by atoms with Crippen LogP contribution in [0.5, 0.6) is 0 Å². The zero-order valence-electron chi connectivity index (χ0n) is 12.8. The number of aromatic nitrogens is 1. The number of carbonyl (C=O) groups is 1. The van der Waals surface area contributed by atoms with Crippen LogP contribution in [0.3, 0.4) is 0 Å². The summed E-state index contributed by atoms with van der Waals surface area (Å²) in [5, 5.41) is 6.79. The molecule has 0 radical (unpaired) electrons. The molecule has 0 aromatic carbocycles. The molecule has 0 atom stereocenters. The van der Waals surface area contributed by atoms with Gasteiger partial charge >= 0.3 is 0 Å². The van der Waals surface area contributed by atoms with Crippen molar-refractivity contribution in [2.45, 2.75) is 32.1 Å². The van der Waals surface area contributed by atoms with Gasteiger partial charge in [0.2, 0.25) is 5.88 Å². The van der Waals surface area contributed by atoms with Crippen LogP contribution in [0, 0.1) is 0 Å². The molecule has 120 valence electrons. The van der Waals surface area contributed by atoms with Crippen LogP contribution >= 0.6 is 0 Å². The van der Waals surface area contributed by atoms with E-state index < -0.39 is 0 Å². The first kappa shape index (κ1) is 15.1. The summed E-state index contributed by atoms with van der Waals surface area (Å²) in [6.45, 7) is 3.55. The van der Waals surface area contributed by atoms with Crippen LogP contribution in [-0.4, -0.2) is 43.9 Å². The Morgan fingerprint density at radius 3 is 2.95 bits per heavy atom. The Morgan fingerprint density at radius 1 is 1.32 bits per heavy atom. The first-order valence-corrected chi connectivity index (χ1v) is 8.08. The Hall–Kier alpha value is -1.82. The Balaban J connectivity index is 1.47. The molecule has 2 heterocycles. The molecule has 0 unspecified atom stereocenters. The Morgan fingerprint density at radius 2 is 2.18 bits per heavy atom. The van der Waals surface area contributed by atoms with Gasteiger partial charge in [0.15, 0.2) is 5.69 Å². The van der Waals surface area contributed by atoms with Gasteiger partial charge in [-0.2, -0.15) is 0 Å². The van der Waals surface area contributed by atoms with E-state index in [1.165, 1.54) is 31.3 Å². The molecule has 1 N–H and O–H groups in total. The highest BCUT2D eigenvalue weighted by Crippen LogP contribution is 2.20. The minimum absolute atomic E-state index is 0.167. The molecule has 1 amide bonds. The quantitative estimate of drug-likeness (QED) is 0.844. The average molecular weight is 305 g/mol. The normalized spacial score (nSPS) is 18.9. The van der Waals surface area contributed by atoms with E-state index >= 15 is 0 Å². The molecule has 0 spiro atoms. The van der Waals surface area contributed by atoms with Crippen molar-refractivity contribution in [2.24, 2.45) is 0 Å². The first-order valence-electron chi connectivity index (χ1n) is 8.08. The third kappa shape index (κ3) is 3.88. The molecule has 1 fully saturated rings. The van der Waals surface area contributed by atoms with E-state index in [0.717, 1.165) is 19.5 Å². The molecule has 2 aliphatic rings. The maximum Gasteiger partial charge on any atom is 0.273 e. The highest BCUT2D eigenvalue weighted by Gasteiger charge is 2.18. The van der Waals surface area contributed by atoms with E-state index in [2.05, 4.69) is 16.5 Å². The second kappa shape index (κ2) is 7.45. The lowest BCUT2D eigenvalue weighted by molar-refractivity contribution is 0.0944. The van der Waals surface area contributed by atoms with E-state index in [1.807, 2.05) is 4.90 Å². The summed E-state index contributed by atoms with van der Waals surface area (Å²) in [5.74, 6) is 0.475.